The second-order valence-electron chi connectivity index (χ2n) is 3.93. The largest absolute Gasteiger partial charge is 0.386 e. The van der Waals surface area contributed by atoms with Gasteiger partial charge in [-0.05, 0) is 31.0 Å². The number of guanidine groups is 1. The normalized spacial score (nSPS) is 12.6. The highest BCUT2D eigenvalue weighted by molar-refractivity contribution is 5.82. The average molecular weight is 248 g/mol. The summed E-state index contributed by atoms with van der Waals surface area (Å²) in [5.74, 6) is 0.641. The topological polar surface area (TPSA) is 115 Å². The van der Waals surface area contributed by atoms with Gasteiger partial charge in [0.2, 0.25) is 5.96 Å². The van der Waals surface area contributed by atoms with E-state index in [9.17, 15) is 0 Å². The minimum Gasteiger partial charge on any atom is -0.386 e. The molecule has 0 spiro atoms. The molecule has 0 unspecified atom stereocenters. The minimum atomic E-state index is 0.240. The summed E-state index contributed by atoms with van der Waals surface area (Å²) in [6.07, 6.45) is 0.863. The van der Waals surface area contributed by atoms with Crippen LogP contribution >= 0.6 is 0 Å². The molecular weight excluding hydrogens is 228 g/mol. The van der Waals surface area contributed by atoms with Crippen molar-refractivity contribution < 1.29 is 0 Å². The molecule has 0 bridgehead atoms. The second-order valence-corrected chi connectivity index (χ2v) is 3.93. The molecule has 0 aliphatic heterocycles. The van der Waals surface area contributed by atoms with Gasteiger partial charge in [-0.25, -0.2) is 10.4 Å². The lowest BCUT2D eigenvalue weighted by molar-refractivity contribution is 0.940. The molecule has 1 aromatic carbocycles. The maximum absolute atomic E-state index is 5.62. The number of aliphatic imine (C=N–C) groups is 1. The summed E-state index contributed by atoms with van der Waals surface area (Å²) >= 11 is 0. The van der Waals surface area contributed by atoms with Crippen LogP contribution in [0.1, 0.15) is 18.1 Å². The Balaban J connectivity index is 2.59. The number of benzene rings is 1. The fraction of sp³-hybridized carbons (Fsp3) is 0.333. The third-order valence-corrected chi connectivity index (χ3v) is 2.20. The second kappa shape index (κ2) is 7.29. The Hall–Kier alpha value is -2.08. The summed E-state index contributed by atoms with van der Waals surface area (Å²) < 4.78 is 0. The Kier molecular flexibility index (Phi) is 5.66. The molecule has 1 rings (SSSR count). The zero-order valence-corrected chi connectivity index (χ0v) is 10.6. The van der Waals surface area contributed by atoms with Crippen LogP contribution in [-0.2, 0) is 13.0 Å². The molecule has 0 atom stereocenters. The highest BCUT2D eigenvalue weighted by atomic mass is 15.4. The molecule has 98 valence electrons. The van der Waals surface area contributed by atoms with E-state index in [0.29, 0.717) is 18.9 Å². The van der Waals surface area contributed by atoms with Crippen LogP contribution < -0.4 is 22.6 Å². The average Bonchev–Trinajstić information content (AvgIpc) is 2.35. The van der Waals surface area contributed by atoms with Crippen LogP contribution in [0.5, 0.6) is 0 Å². The van der Waals surface area contributed by atoms with Gasteiger partial charge in [0.1, 0.15) is 5.84 Å². The molecule has 18 heavy (non-hydrogen) atoms. The molecule has 0 saturated carbocycles. The maximum atomic E-state index is 5.62. The van der Waals surface area contributed by atoms with Crippen LogP contribution in [0, 0.1) is 0 Å². The molecule has 0 aliphatic carbocycles. The van der Waals surface area contributed by atoms with Crippen molar-refractivity contribution in [2.45, 2.75) is 19.9 Å². The first-order chi connectivity index (χ1) is 8.61. The minimum absolute atomic E-state index is 0.240. The molecule has 7 N–H and O–H groups in total. The molecule has 0 saturated heterocycles. The fourth-order valence-corrected chi connectivity index (χ4v) is 1.41. The van der Waals surface area contributed by atoms with Crippen LogP contribution in [0.15, 0.2) is 34.4 Å². The summed E-state index contributed by atoms with van der Waals surface area (Å²) in [4.78, 5) is 4.16. The Morgan fingerprint density at radius 1 is 1.28 bits per heavy atom. The lowest BCUT2D eigenvalue weighted by Gasteiger charge is -2.03. The van der Waals surface area contributed by atoms with E-state index < -0.39 is 0 Å². The van der Waals surface area contributed by atoms with Crippen molar-refractivity contribution in [3.8, 4) is 0 Å². The number of rotatable bonds is 5. The van der Waals surface area contributed by atoms with Crippen LogP contribution in [0.4, 0.5) is 0 Å². The quantitative estimate of drug-likeness (QED) is 0.330. The number of nitrogens with one attached hydrogen (secondary N) is 1. The molecule has 0 aliphatic rings. The lowest BCUT2D eigenvalue weighted by atomic mass is 10.1. The summed E-state index contributed by atoms with van der Waals surface area (Å²) in [6.45, 7) is 2.80. The van der Waals surface area contributed by atoms with E-state index in [-0.39, 0.29) is 5.96 Å². The standard InChI is InChI=1S/C12H20N6/c1-9(14)17-18-12(15)16-8-11-4-2-3-10(7-11)5-6-13/h2-4,7H,5-6,8,13H2,1H3,(H2,14,17)(H3,15,16,18). The molecule has 6 heteroatoms. The predicted molar refractivity (Wildman–Crippen MR) is 75.0 cm³/mol. The van der Waals surface area contributed by atoms with E-state index in [1.165, 1.54) is 5.56 Å². The van der Waals surface area contributed by atoms with Gasteiger partial charge in [0.25, 0.3) is 0 Å². The molecule has 0 amide bonds. The van der Waals surface area contributed by atoms with E-state index >= 15 is 0 Å². The van der Waals surface area contributed by atoms with Gasteiger partial charge in [-0.3, -0.25) is 0 Å². The molecule has 0 radical (unpaired) electrons. The Bertz CT molecular complexity index is 434. The first kappa shape index (κ1) is 14.0. The monoisotopic (exact) mass is 248 g/mol. The van der Waals surface area contributed by atoms with Gasteiger partial charge in [-0.2, -0.15) is 5.10 Å². The molecular formula is C12H20N6. The molecule has 0 aromatic heterocycles. The van der Waals surface area contributed by atoms with E-state index in [2.05, 4.69) is 21.6 Å². The maximum Gasteiger partial charge on any atom is 0.209 e. The Morgan fingerprint density at radius 3 is 2.67 bits per heavy atom. The van der Waals surface area contributed by atoms with Gasteiger partial charge >= 0.3 is 0 Å². The van der Waals surface area contributed by atoms with Gasteiger partial charge in [0.05, 0.1) is 6.54 Å². The molecule has 6 nitrogen and oxygen atoms in total. The summed E-state index contributed by atoms with van der Waals surface area (Å²) in [6, 6.07) is 8.10. The van der Waals surface area contributed by atoms with Crippen molar-refractivity contribution >= 4 is 11.8 Å². The summed E-state index contributed by atoms with van der Waals surface area (Å²) in [7, 11) is 0. The first-order valence-electron chi connectivity index (χ1n) is 5.75. The third kappa shape index (κ3) is 5.31. The van der Waals surface area contributed by atoms with Crippen molar-refractivity contribution in [3.63, 3.8) is 0 Å². The van der Waals surface area contributed by atoms with E-state index in [1.807, 2.05) is 18.2 Å². The molecule has 0 heterocycles. The van der Waals surface area contributed by atoms with Crippen LogP contribution in [0.25, 0.3) is 0 Å². The predicted octanol–water partition coefficient (Wildman–Crippen LogP) is -0.116. The smallest absolute Gasteiger partial charge is 0.209 e. The van der Waals surface area contributed by atoms with Gasteiger partial charge in [0, 0.05) is 0 Å². The third-order valence-electron chi connectivity index (χ3n) is 2.20. The van der Waals surface area contributed by atoms with E-state index in [0.717, 1.165) is 12.0 Å². The Morgan fingerprint density at radius 2 is 2.00 bits per heavy atom. The fourth-order valence-electron chi connectivity index (χ4n) is 1.41. The Labute approximate surface area is 107 Å². The van der Waals surface area contributed by atoms with Crippen LogP contribution in [-0.4, -0.2) is 18.3 Å². The van der Waals surface area contributed by atoms with Crippen molar-refractivity contribution in [2.75, 3.05) is 6.54 Å². The van der Waals surface area contributed by atoms with Gasteiger partial charge in [-0.15, -0.1) is 0 Å². The van der Waals surface area contributed by atoms with E-state index in [4.69, 9.17) is 17.2 Å². The van der Waals surface area contributed by atoms with Gasteiger partial charge < -0.3 is 17.2 Å². The zero-order valence-electron chi connectivity index (χ0n) is 10.6. The number of hydrogen-bond acceptors (Lipinski definition) is 3. The van der Waals surface area contributed by atoms with Crippen molar-refractivity contribution in [3.05, 3.63) is 35.4 Å². The first-order valence-corrected chi connectivity index (χ1v) is 5.75. The van der Waals surface area contributed by atoms with Crippen LogP contribution in [0.3, 0.4) is 0 Å². The van der Waals surface area contributed by atoms with E-state index in [1.54, 1.807) is 6.92 Å². The highest BCUT2D eigenvalue weighted by Crippen LogP contribution is 2.06. The molecule has 0 fully saturated rings. The number of nitrogens with two attached hydrogens (primary N) is 3. The summed E-state index contributed by atoms with van der Waals surface area (Å²) in [5.41, 5.74) is 21.4. The van der Waals surface area contributed by atoms with Crippen molar-refractivity contribution in [1.82, 2.24) is 5.43 Å². The zero-order chi connectivity index (χ0) is 13.4. The van der Waals surface area contributed by atoms with Gasteiger partial charge in [-0.1, -0.05) is 24.3 Å². The lowest BCUT2D eigenvalue weighted by Crippen LogP contribution is -2.29. The molecule has 1 aromatic rings. The SMILES string of the molecule is C/C(N)=N/NC(N)=NCc1cccc(CCN)c1. The number of hydrazone groups is 1. The highest BCUT2D eigenvalue weighted by Gasteiger charge is 1.96. The van der Waals surface area contributed by atoms with Gasteiger partial charge in [0.15, 0.2) is 0 Å². The summed E-state index contributed by atoms with van der Waals surface area (Å²) in [5, 5.41) is 3.76. The number of nitrogens with zero attached hydrogens (tertiary/aromatic N) is 2. The number of hydrogen-bond donors (Lipinski definition) is 4. The van der Waals surface area contributed by atoms with Crippen molar-refractivity contribution in [2.24, 2.45) is 27.3 Å². The number of amidine groups is 1. The van der Waals surface area contributed by atoms with Crippen molar-refractivity contribution in [1.29, 1.82) is 0 Å². The van der Waals surface area contributed by atoms with Crippen LogP contribution in [0.2, 0.25) is 0 Å².